The third-order valence-corrected chi connectivity index (χ3v) is 6.67. The molecule has 3 N–H and O–H groups in total. The molecule has 2 amide bonds. The number of carbonyl (C=O) groups excluding carboxylic acids is 2. The fraction of sp³-hybridized carbons (Fsp3) is 0.500. The number of hydrogen-bond acceptors (Lipinski definition) is 7. The molecule has 36 heavy (non-hydrogen) atoms. The fourth-order valence-electron chi connectivity index (χ4n) is 3.93. The Morgan fingerprint density at radius 1 is 1.14 bits per heavy atom. The summed E-state index contributed by atoms with van der Waals surface area (Å²) in [5.41, 5.74) is 5.65. The predicted molar refractivity (Wildman–Crippen MR) is 137 cm³/mol. The number of primary amides is 1. The molecule has 10 heteroatoms. The summed E-state index contributed by atoms with van der Waals surface area (Å²) in [5.74, 6) is -1.71. The van der Waals surface area contributed by atoms with Crippen LogP contribution in [0.15, 0.2) is 42.6 Å². The van der Waals surface area contributed by atoms with Gasteiger partial charge in [-0.25, -0.2) is 0 Å². The predicted octanol–water partition coefficient (Wildman–Crippen LogP) is 2.80. The van der Waals surface area contributed by atoms with Gasteiger partial charge in [-0.3, -0.25) is 14.6 Å². The largest absolute Gasteiger partial charge is 0.494 e. The van der Waals surface area contributed by atoms with E-state index < -0.39 is 36.1 Å². The highest BCUT2D eigenvalue weighted by molar-refractivity contribution is 6.48. The maximum Gasteiger partial charge on any atom is 0.481 e. The minimum atomic E-state index is -0.863. The number of benzene rings is 1. The molecular formula is C26H36BN3O6. The molecule has 0 unspecified atom stereocenters. The summed E-state index contributed by atoms with van der Waals surface area (Å²) in [6, 6.07) is 11.1. The van der Waals surface area contributed by atoms with Crippen molar-refractivity contribution in [3.05, 3.63) is 59.4 Å². The highest BCUT2D eigenvalue weighted by atomic mass is 16.7. The van der Waals surface area contributed by atoms with Gasteiger partial charge in [0.15, 0.2) is 0 Å². The first kappa shape index (κ1) is 27.6. The second-order valence-electron chi connectivity index (χ2n) is 10.0. The first-order valence-electron chi connectivity index (χ1n) is 12.0. The first-order valence-corrected chi connectivity index (χ1v) is 12.0. The highest BCUT2D eigenvalue weighted by Gasteiger charge is 2.54. The number of nitrogens with one attached hydrogen (secondary N) is 1. The van der Waals surface area contributed by atoms with Crippen molar-refractivity contribution in [3.63, 3.8) is 0 Å². The Bertz CT molecular complexity index is 1050. The first-order chi connectivity index (χ1) is 16.9. The molecule has 0 spiro atoms. The van der Waals surface area contributed by atoms with Gasteiger partial charge in [0.25, 0.3) is 5.91 Å². The van der Waals surface area contributed by atoms with Gasteiger partial charge in [-0.1, -0.05) is 18.2 Å². The minimum absolute atomic E-state index is 0.0127. The zero-order valence-corrected chi connectivity index (χ0v) is 21.9. The number of aryl methyl sites for hydroxylation is 1. The number of nitrogens with two attached hydrogens (primary N) is 1. The molecule has 194 valence electrons. The molecule has 3 rings (SSSR count). The normalized spacial score (nSPS) is 17.9. The fourth-order valence-corrected chi connectivity index (χ4v) is 3.93. The van der Waals surface area contributed by atoms with Crippen LogP contribution in [0, 0.1) is 6.92 Å². The summed E-state index contributed by atoms with van der Waals surface area (Å²) in [5, 5.41) is 3.04. The number of hydrogen-bond donors (Lipinski definition) is 2. The summed E-state index contributed by atoms with van der Waals surface area (Å²) >= 11 is 0. The van der Waals surface area contributed by atoms with Crippen LogP contribution < -0.4 is 15.8 Å². The molecule has 0 bridgehead atoms. The number of methoxy groups -OCH3 is 1. The van der Waals surface area contributed by atoms with Crippen LogP contribution >= 0.6 is 0 Å². The zero-order valence-electron chi connectivity index (χ0n) is 21.9. The Morgan fingerprint density at radius 2 is 1.78 bits per heavy atom. The lowest BCUT2D eigenvalue weighted by Crippen LogP contribution is -2.50. The van der Waals surface area contributed by atoms with Crippen LogP contribution in [-0.4, -0.2) is 61.4 Å². The Balaban J connectivity index is 1.84. The van der Waals surface area contributed by atoms with Crippen molar-refractivity contribution in [2.75, 3.05) is 20.3 Å². The topological polar surface area (TPSA) is 122 Å². The van der Waals surface area contributed by atoms with E-state index in [2.05, 4.69) is 10.3 Å². The number of rotatable bonds is 11. The third-order valence-electron chi connectivity index (χ3n) is 6.67. The molecule has 1 aromatic heterocycles. The molecule has 1 aliphatic heterocycles. The number of ether oxygens (including phenoxy) is 2. The van der Waals surface area contributed by atoms with E-state index >= 15 is 0 Å². The van der Waals surface area contributed by atoms with Crippen LogP contribution in [0.3, 0.4) is 0 Å². The lowest BCUT2D eigenvalue weighted by molar-refractivity contribution is -0.124. The second-order valence-corrected chi connectivity index (χ2v) is 10.0. The Kier molecular flexibility index (Phi) is 8.76. The quantitative estimate of drug-likeness (QED) is 0.458. The smallest absolute Gasteiger partial charge is 0.481 e. The van der Waals surface area contributed by atoms with Crippen molar-refractivity contribution in [1.29, 1.82) is 0 Å². The van der Waals surface area contributed by atoms with Gasteiger partial charge in [0.1, 0.15) is 11.7 Å². The third kappa shape index (κ3) is 6.43. The molecule has 1 fully saturated rings. The Labute approximate surface area is 213 Å². The molecular weight excluding hydrogens is 461 g/mol. The molecule has 1 saturated heterocycles. The lowest BCUT2D eigenvalue weighted by atomic mass is 9.76. The van der Waals surface area contributed by atoms with Crippen LogP contribution in [0.4, 0.5) is 0 Å². The van der Waals surface area contributed by atoms with E-state index in [1.165, 1.54) is 7.11 Å². The Morgan fingerprint density at radius 3 is 2.36 bits per heavy atom. The van der Waals surface area contributed by atoms with E-state index in [4.69, 9.17) is 24.5 Å². The molecule has 2 aromatic rings. The van der Waals surface area contributed by atoms with Gasteiger partial charge in [0.05, 0.1) is 41.6 Å². The van der Waals surface area contributed by atoms with Crippen molar-refractivity contribution in [2.24, 2.45) is 5.73 Å². The van der Waals surface area contributed by atoms with Crippen molar-refractivity contribution in [1.82, 2.24) is 10.3 Å². The Hall–Kier alpha value is -2.95. The average molecular weight is 497 g/mol. The average Bonchev–Trinajstić information content (AvgIpc) is 3.04. The number of amides is 2. The van der Waals surface area contributed by atoms with E-state index in [1.807, 2.05) is 58.0 Å². The van der Waals surface area contributed by atoms with E-state index in [9.17, 15) is 9.59 Å². The van der Waals surface area contributed by atoms with Gasteiger partial charge in [0.2, 0.25) is 5.91 Å². The van der Waals surface area contributed by atoms with Gasteiger partial charge in [0, 0.05) is 19.7 Å². The summed E-state index contributed by atoms with van der Waals surface area (Å²) in [7, 11) is 0.778. The number of carbonyl (C=O) groups is 2. The van der Waals surface area contributed by atoms with E-state index in [1.54, 1.807) is 19.2 Å². The van der Waals surface area contributed by atoms with Crippen LogP contribution in [0.25, 0.3) is 0 Å². The molecule has 1 aromatic carbocycles. The van der Waals surface area contributed by atoms with Crippen molar-refractivity contribution in [2.45, 2.75) is 64.1 Å². The maximum atomic E-state index is 13.6. The van der Waals surface area contributed by atoms with Gasteiger partial charge < -0.3 is 29.8 Å². The van der Waals surface area contributed by atoms with Gasteiger partial charge in [-0.2, -0.15) is 0 Å². The van der Waals surface area contributed by atoms with Crippen molar-refractivity contribution in [3.8, 4) is 5.75 Å². The second kappa shape index (κ2) is 11.4. The molecule has 2 atom stereocenters. The summed E-state index contributed by atoms with van der Waals surface area (Å²) in [6.45, 7) is 9.95. The van der Waals surface area contributed by atoms with Crippen LogP contribution in [0.2, 0.25) is 0 Å². The van der Waals surface area contributed by atoms with Crippen molar-refractivity contribution < 1.29 is 28.4 Å². The molecule has 1 aliphatic rings. The summed E-state index contributed by atoms with van der Waals surface area (Å²) in [6.07, 6.45) is 2.01. The summed E-state index contributed by atoms with van der Waals surface area (Å²) in [4.78, 5) is 30.1. The van der Waals surface area contributed by atoms with Crippen LogP contribution in [0.1, 0.15) is 61.6 Å². The number of nitrogens with zero attached hydrogens (tertiary/aromatic N) is 1. The zero-order chi connectivity index (χ0) is 26.5. The highest BCUT2D eigenvalue weighted by Crippen LogP contribution is 2.38. The lowest BCUT2D eigenvalue weighted by Gasteiger charge is -2.32. The van der Waals surface area contributed by atoms with Gasteiger partial charge in [-0.15, -0.1) is 0 Å². The van der Waals surface area contributed by atoms with Crippen molar-refractivity contribution >= 4 is 18.9 Å². The molecule has 2 heterocycles. The van der Waals surface area contributed by atoms with Crippen LogP contribution in [0.5, 0.6) is 5.75 Å². The molecule has 0 radical (unpaired) electrons. The van der Waals surface area contributed by atoms with E-state index in [-0.39, 0.29) is 23.8 Å². The number of para-hydroxylation sites is 1. The molecule has 0 aliphatic carbocycles. The molecule has 0 saturated carbocycles. The van der Waals surface area contributed by atoms with E-state index in [0.717, 1.165) is 11.3 Å². The van der Waals surface area contributed by atoms with Crippen LogP contribution in [-0.2, 0) is 18.8 Å². The summed E-state index contributed by atoms with van der Waals surface area (Å²) < 4.78 is 23.7. The number of pyridine rings is 1. The monoisotopic (exact) mass is 497 g/mol. The minimum Gasteiger partial charge on any atom is -0.494 e. The number of aromatic nitrogens is 1. The molecule has 9 nitrogen and oxygen atoms in total. The van der Waals surface area contributed by atoms with Gasteiger partial charge >= 0.3 is 7.12 Å². The van der Waals surface area contributed by atoms with E-state index in [0.29, 0.717) is 13.0 Å². The van der Waals surface area contributed by atoms with Gasteiger partial charge in [-0.05, 0) is 58.4 Å². The standard InChI is InChI=1S/C26H36BN3O6/c1-17-14-19(23(28)31)22(29-15-17)20(16-33-6)24(32)30-21(12-13-34-18-10-8-7-9-11-18)27-35-25(2,3)26(4,5)36-27/h7-11,14-15,20-21H,12-13,16H2,1-6H3,(H2,28,31)(H,30,32)/t20-,21-/m0/s1. The SMILES string of the molecule is COC[C@H](C(=O)N[C@@H](CCOc1ccccc1)B1OC(C)(C)C(C)(C)O1)c1ncc(C)cc1C(N)=O. The maximum absolute atomic E-state index is 13.6.